The molecule has 3 heterocycles. The van der Waals surface area contributed by atoms with Crippen molar-refractivity contribution in [3.63, 3.8) is 0 Å². The van der Waals surface area contributed by atoms with E-state index in [0.717, 1.165) is 24.0 Å². The molecule has 2 aliphatic rings. The van der Waals surface area contributed by atoms with Crippen LogP contribution in [0.3, 0.4) is 0 Å². The Balaban J connectivity index is 1.71. The molecule has 0 spiro atoms. The molecule has 1 saturated heterocycles. The van der Waals surface area contributed by atoms with Gasteiger partial charge < -0.3 is 30.7 Å². The SMILES string of the molecule is Cc1cc(OC(F)F)cnc1C(=O)Nc1ccc(F)c([C@]23N=C(N)C(C)(C)S[C@@]2(O)COC3O)c1. The molecule has 3 atom stereocenters. The van der Waals surface area contributed by atoms with Gasteiger partial charge in [-0.2, -0.15) is 8.78 Å². The molecular formula is C22H23F3N4O5S. The summed E-state index contributed by atoms with van der Waals surface area (Å²) in [6.45, 7) is 1.55. The van der Waals surface area contributed by atoms with Crippen LogP contribution < -0.4 is 15.8 Å². The van der Waals surface area contributed by atoms with Crippen molar-refractivity contribution in [2.45, 2.75) is 48.9 Å². The summed E-state index contributed by atoms with van der Waals surface area (Å²) in [6.07, 6.45) is -0.741. The number of carbonyl (C=O) groups excluding carboxylic acids is 1. The molecule has 188 valence electrons. The summed E-state index contributed by atoms with van der Waals surface area (Å²) in [7, 11) is 0. The van der Waals surface area contributed by atoms with E-state index in [1.807, 2.05) is 0 Å². The number of amidine groups is 1. The first kappa shape index (κ1) is 25.2. The van der Waals surface area contributed by atoms with Gasteiger partial charge in [0.15, 0.2) is 16.8 Å². The van der Waals surface area contributed by atoms with Crippen molar-refractivity contribution in [3.05, 3.63) is 53.1 Å². The minimum absolute atomic E-state index is 0.0662. The predicted octanol–water partition coefficient (Wildman–Crippen LogP) is 2.50. The van der Waals surface area contributed by atoms with Crippen molar-refractivity contribution in [1.29, 1.82) is 0 Å². The fourth-order valence-corrected chi connectivity index (χ4v) is 5.64. The summed E-state index contributed by atoms with van der Waals surface area (Å²) in [6, 6.07) is 4.76. The first-order valence-electron chi connectivity index (χ1n) is 10.4. The lowest BCUT2D eigenvalue weighted by atomic mass is 9.84. The highest BCUT2D eigenvalue weighted by molar-refractivity contribution is 8.02. The Morgan fingerprint density at radius 1 is 1.37 bits per heavy atom. The van der Waals surface area contributed by atoms with E-state index in [1.165, 1.54) is 25.1 Å². The highest BCUT2D eigenvalue weighted by atomic mass is 32.2. The number of carbonyl (C=O) groups is 1. The monoisotopic (exact) mass is 512 g/mol. The molecule has 2 aliphatic heterocycles. The molecular weight excluding hydrogens is 489 g/mol. The van der Waals surface area contributed by atoms with Crippen molar-refractivity contribution in [3.8, 4) is 5.75 Å². The van der Waals surface area contributed by atoms with Gasteiger partial charge in [-0.1, -0.05) is 0 Å². The molecule has 0 radical (unpaired) electrons. The van der Waals surface area contributed by atoms with Gasteiger partial charge in [0.05, 0.1) is 17.6 Å². The molecule has 5 N–H and O–H groups in total. The molecule has 35 heavy (non-hydrogen) atoms. The number of hydrogen-bond donors (Lipinski definition) is 4. The third kappa shape index (κ3) is 4.22. The Bertz CT molecular complexity index is 1210. The number of aliphatic hydroxyl groups excluding tert-OH is 1. The summed E-state index contributed by atoms with van der Waals surface area (Å²) in [5, 5.41) is 24.7. The summed E-state index contributed by atoms with van der Waals surface area (Å²) >= 11 is 0.985. The number of aliphatic hydroxyl groups is 2. The maximum Gasteiger partial charge on any atom is 0.387 e. The van der Waals surface area contributed by atoms with Crippen molar-refractivity contribution < 1.29 is 37.7 Å². The molecule has 2 aromatic rings. The quantitative estimate of drug-likeness (QED) is 0.479. The number of aromatic nitrogens is 1. The van der Waals surface area contributed by atoms with Gasteiger partial charge in [0, 0.05) is 11.3 Å². The van der Waals surface area contributed by atoms with Crippen LogP contribution in [0.5, 0.6) is 5.75 Å². The number of rotatable bonds is 5. The van der Waals surface area contributed by atoms with Crippen LogP contribution in [0.1, 0.15) is 35.5 Å². The van der Waals surface area contributed by atoms with Crippen LogP contribution in [0, 0.1) is 12.7 Å². The zero-order valence-electron chi connectivity index (χ0n) is 18.9. The van der Waals surface area contributed by atoms with E-state index in [9.17, 15) is 23.8 Å². The van der Waals surface area contributed by atoms with E-state index in [2.05, 4.69) is 20.0 Å². The lowest BCUT2D eigenvalue weighted by molar-refractivity contribution is -0.0945. The highest BCUT2D eigenvalue weighted by Crippen LogP contribution is 2.58. The lowest BCUT2D eigenvalue weighted by Crippen LogP contribution is -2.59. The number of nitrogens with one attached hydrogen (secondary N) is 1. The number of hydrogen-bond acceptors (Lipinski definition) is 9. The number of amides is 1. The molecule has 1 aromatic carbocycles. The van der Waals surface area contributed by atoms with Gasteiger partial charge in [0.25, 0.3) is 5.91 Å². The van der Waals surface area contributed by atoms with Gasteiger partial charge in [-0.25, -0.2) is 9.37 Å². The summed E-state index contributed by atoms with van der Waals surface area (Å²) < 4.78 is 48.7. The van der Waals surface area contributed by atoms with Crippen molar-refractivity contribution in [2.24, 2.45) is 10.7 Å². The van der Waals surface area contributed by atoms with Crippen LogP contribution in [-0.2, 0) is 10.3 Å². The summed E-state index contributed by atoms with van der Waals surface area (Å²) in [5.74, 6) is -1.66. The van der Waals surface area contributed by atoms with Crippen LogP contribution in [0.25, 0.3) is 0 Å². The first-order valence-corrected chi connectivity index (χ1v) is 11.2. The van der Waals surface area contributed by atoms with Crippen molar-refractivity contribution >= 4 is 29.2 Å². The number of nitrogens with zero attached hydrogens (tertiary/aromatic N) is 2. The van der Waals surface area contributed by atoms with Crippen LogP contribution >= 0.6 is 11.8 Å². The van der Waals surface area contributed by atoms with Gasteiger partial charge in [-0.05, 0) is 50.6 Å². The average molecular weight is 513 g/mol. The number of ether oxygens (including phenoxy) is 2. The average Bonchev–Trinajstić information content (AvgIpc) is 2.99. The predicted molar refractivity (Wildman–Crippen MR) is 122 cm³/mol. The number of fused-ring (bicyclic) bond motifs is 1. The fourth-order valence-electron chi connectivity index (χ4n) is 4.11. The van der Waals surface area contributed by atoms with E-state index >= 15 is 4.39 Å². The maximum absolute atomic E-state index is 15.1. The number of aliphatic imine (C=N–C) groups is 1. The van der Waals surface area contributed by atoms with E-state index < -0.39 is 39.8 Å². The minimum Gasteiger partial charge on any atom is -0.433 e. The number of aryl methyl sites for hydroxylation is 1. The number of alkyl halides is 2. The third-order valence-electron chi connectivity index (χ3n) is 5.86. The molecule has 4 rings (SSSR count). The zero-order valence-corrected chi connectivity index (χ0v) is 19.7. The molecule has 13 heteroatoms. The van der Waals surface area contributed by atoms with Gasteiger partial charge in [0.2, 0.25) is 0 Å². The molecule has 9 nitrogen and oxygen atoms in total. The molecule has 1 fully saturated rings. The number of nitrogens with two attached hydrogens (primary N) is 1. The second-order valence-electron chi connectivity index (χ2n) is 8.69. The number of thioether (sulfide) groups is 1. The van der Waals surface area contributed by atoms with Crippen LogP contribution in [-0.4, -0.2) is 56.1 Å². The first-order chi connectivity index (χ1) is 16.3. The van der Waals surface area contributed by atoms with Crippen molar-refractivity contribution in [2.75, 3.05) is 11.9 Å². The minimum atomic E-state index is -3.04. The standard InChI is InChI=1S/C22H23F3N4O5S/c1-10-6-12(34-19(24)25)8-27-15(10)16(30)28-11-4-5-14(23)13(7-11)22-18(31)33-9-21(22,32)35-20(2,3)17(26)29-22/h4-8,18-19,31-32H,9H2,1-3H3,(H2,26,29)(H,28,30)/t18?,21-,22+/m0/s1. The van der Waals surface area contributed by atoms with Crippen LogP contribution in [0.15, 0.2) is 35.5 Å². The topological polar surface area (TPSA) is 139 Å². The number of pyridine rings is 1. The largest absolute Gasteiger partial charge is 0.433 e. The number of halogens is 3. The second-order valence-corrected chi connectivity index (χ2v) is 10.6. The Kier molecular flexibility index (Phi) is 6.24. The van der Waals surface area contributed by atoms with E-state index in [-0.39, 0.29) is 40.7 Å². The maximum atomic E-state index is 15.1. The second kappa shape index (κ2) is 8.66. The number of anilines is 1. The summed E-state index contributed by atoms with van der Waals surface area (Å²) in [4.78, 5) is 19.2. The Morgan fingerprint density at radius 2 is 2.09 bits per heavy atom. The Hall–Kier alpha value is -2.87. The summed E-state index contributed by atoms with van der Waals surface area (Å²) in [5.41, 5.74) is 4.16. The van der Waals surface area contributed by atoms with Crippen molar-refractivity contribution in [1.82, 2.24) is 4.98 Å². The highest BCUT2D eigenvalue weighted by Gasteiger charge is 2.68. The van der Waals surface area contributed by atoms with E-state index in [1.54, 1.807) is 13.8 Å². The third-order valence-corrected chi connectivity index (χ3v) is 7.34. The molecule has 0 bridgehead atoms. The van der Waals surface area contributed by atoms with Gasteiger partial charge >= 0.3 is 6.61 Å². The molecule has 1 amide bonds. The Morgan fingerprint density at radius 3 is 2.74 bits per heavy atom. The normalized spacial score (nSPS) is 27.3. The van der Waals surface area contributed by atoms with Crippen LogP contribution in [0.4, 0.5) is 18.9 Å². The van der Waals surface area contributed by atoms with E-state index in [0.29, 0.717) is 0 Å². The number of benzene rings is 1. The van der Waals surface area contributed by atoms with Gasteiger partial charge in [-0.3, -0.25) is 9.79 Å². The molecule has 0 saturated carbocycles. The fraction of sp³-hybridized carbons (Fsp3) is 0.409. The molecule has 0 aliphatic carbocycles. The molecule has 1 unspecified atom stereocenters. The lowest BCUT2D eigenvalue weighted by Gasteiger charge is -2.47. The van der Waals surface area contributed by atoms with E-state index in [4.69, 9.17) is 10.5 Å². The van der Waals surface area contributed by atoms with Gasteiger partial charge in [0.1, 0.15) is 23.1 Å². The van der Waals surface area contributed by atoms with Gasteiger partial charge in [-0.15, -0.1) is 11.8 Å². The Labute approximate surface area is 202 Å². The smallest absolute Gasteiger partial charge is 0.387 e. The van der Waals surface area contributed by atoms with Crippen LogP contribution in [0.2, 0.25) is 0 Å². The molecule has 1 aromatic heterocycles. The zero-order chi connectivity index (χ0) is 25.8.